The minimum Gasteiger partial charge on any atom is -0.477 e. The van der Waals surface area contributed by atoms with E-state index in [9.17, 15) is 9.59 Å². The summed E-state index contributed by atoms with van der Waals surface area (Å²) in [7, 11) is 0. The first-order valence-electron chi connectivity index (χ1n) is 7.26. The Morgan fingerprint density at radius 2 is 2.27 bits per heavy atom. The minimum absolute atomic E-state index is 0.0127. The number of rotatable bonds is 7. The molecule has 1 saturated heterocycles. The van der Waals surface area contributed by atoms with Gasteiger partial charge in [-0.2, -0.15) is 0 Å². The van der Waals surface area contributed by atoms with E-state index in [4.69, 9.17) is 14.6 Å². The van der Waals surface area contributed by atoms with Crippen molar-refractivity contribution in [3.8, 4) is 0 Å². The van der Waals surface area contributed by atoms with Gasteiger partial charge in [0.05, 0.1) is 12.7 Å². The molecule has 0 radical (unpaired) electrons. The Labute approximate surface area is 128 Å². The van der Waals surface area contributed by atoms with Crippen LogP contribution in [0.2, 0.25) is 0 Å². The Morgan fingerprint density at radius 1 is 1.45 bits per heavy atom. The molecule has 0 saturated carbocycles. The van der Waals surface area contributed by atoms with Crippen LogP contribution in [0.5, 0.6) is 0 Å². The molecule has 22 heavy (non-hydrogen) atoms. The molecule has 2 rings (SSSR count). The molecule has 1 fully saturated rings. The van der Waals surface area contributed by atoms with Gasteiger partial charge >= 0.3 is 11.9 Å². The van der Waals surface area contributed by atoms with Crippen LogP contribution < -0.4 is 0 Å². The van der Waals surface area contributed by atoms with E-state index in [2.05, 4.69) is 9.88 Å². The van der Waals surface area contributed by atoms with Crippen LogP contribution in [0.1, 0.15) is 29.4 Å². The summed E-state index contributed by atoms with van der Waals surface area (Å²) < 4.78 is 10.3. The number of hydrogen-bond donors (Lipinski definition) is 1. The highest BCUT2D eigenvalue weighted by atomic mass is 16.6. The second-order valence-electron chi connectivity index (χ2n) is 5.12. The Bertz CT molecular complexity index is 517. The van der Waals surface area contributed by atoms with E-state index in [1.807, 2.05) is 0 Å². The van der Waals surface area contributed by atoms with Gasteiger partial charge in [0, 0.05) is 25.8 Å². The minimum atomic E-state index is -1.03. The van der Waals surface area contributed by atoms with Gasteiger partial charge in [-0.15, -0.1) is 0 Å². The summed E-state index contributed by atoms with van der Waals surface area (Å²) in [4.78, 5) is 28.1. The maximum absolute atomic E-state index is 11.2. The van der Waals surface area contributed by atoms with Crippen molar-refractivity contribution >= 4 is 11.9 Å². The normalized spacial score (nSPS) is 18.3. The molecule has 0 unspecified atom stereocenters. The Morgan fingerprint density at radius 3 is 2.91 bits per heavy atom. The zero-order chi connectivity index (χ0) is 15.9. The van der Waals surface area contributed by atoms with Crippen molar-refractivity contribution in [3.63, 3.8) is 0 Å². The standard InChI is InChI=1S/C15H20N2O5/c1-2-21-14(18)10-22-12-5-6-17(9-12)8-11-3-4-13(15(19)20)16-7-11/h3-4,7,12H,2,5-6,8-10H2,1H3,(H,19,20)/t12-/m0/s1. The van der Waals surface area contributed by atoms with Gasteiger partial charge in [0.2, 0.25) is 0 Å². The van der Waals surface area contributed by atoms with E-state index in [0.29, 0.717) is 13.2 Å². The lowest BCUT2D eigenvalue weighted by Gasteiger charge is -2.16. The number of likely N-dealkylation sites (tertiary alicyclic amines) is 1. The summed E-state index contributed by atoms with van der Waals surface area (Å²) in [6, 6.07) is 3.27. The molecule has 1 aromatic rings. The van der Waals surface area contributed by atoms with Crippen molar-refractivity contribution in [3.05, 3.63) is 29.6 Å². The summed E-state index contributed by atoms with van der Waals surface area (Å²) in [5.41, 5.74) is 0.997. The van der Waals surface area contributed by atoms with Crippen LogP contribution in [0.4, 0.5) is 0 Å². The number of carbonyl (C=O) groups excluding carboxylic acids is 1. The molecule has 1 atom stereocenters. The number of hydrogen-bond acceptors (Lipinski definition) is 6. The average molecular weight is 308 g/mol. The fraction of sp³-hybridized carbons (Fsp3) is 0.533. The molecule has 2 heterocycles. The van der Waals surface area contributed by atoms with Crippen LogP contribution in [0.25, 0.3) is 0 Å². The van der Waals surface area contributed by atoms with Crippen molar-refractivity contribution in [1.29, 1.82) is 0 Å². The first-order valence-corrected chi connectivity index (χ1v) is 7.26. The van der Waals surface area contributed by atoms with E-state index in [-0.39, 0.29) is 24.4 Å². The topological polar surface area (TPSA) is 89.0 Å². The molecule has 120 valence electrons. The Kier molecular flexibility index (Phi) is 5.85. The number of aromatic nitrogens is 1. The van der Waals surface area contributed by atoms with E-state index in [1.165, 1.54) is 6.07 Å². The number of pyridine rings is 1. The van der Waals surface area contributed by atoms with Crippen LogP contribution in [0.3, 0.4) is 0 Å². The lowest BCUT2D eigenvalue weighted by Crippen LogP contribution is -2.25. The first-order chi connectivity index (χ1) is 10.6. The number of nitrogens with zero attached hydrogens (tertiary/aromatic N) is 2. The molecule has 1 aromatic heterocycles. The monoisotopic (exact) mass is 308 g/mol. The average Bonchev–Trinajstić information content (AvgIpc) is 2.93. The van der Waals surface area contributed by atoms with Crippen molar-refractivity contribution in [2.75, 3.05) is 26.3 Å². The van der Waals surface area contributed by atoms with E-state index >= 15 is 0 Å². The van der Waals surface area contributed by atoms with Gasteiger partial charge < -0.3 is 14.6 Å². The molecule has 1 N–H and O–H groups in total. The fourth-order valence-electron chi connectivity index (χ4n) is 2.37. The van der Waals surface area contributed by atoms with Gasteiger partial charge in [-0.1, -0.05) is 6.07 Å². The molecule has 0 spiro atoms. The predicted octanol–water partition coefficient (Wildman–Crippen LogP) is 0.934. The SMILES string of the molecule is CCOC(=O)CO[C@H]1CCN(Cc2ccc(C(=O)O)nc2)C1. The lowest BCUT2D eigenvalue weighted by molar-refractivity contribution is -0.150. The summed E-state index contributed by atoms with van der Waals surface area (Å²) >= 11 is 0. The summed E-state index contributed by atoms with van der Waals surface area (Å²) in [5.74, 6) is -1.37. The highest BCUT2D eigenvalue weighted by Gasteiger charge is 2.24. The zero-order valence-electron chi connectivity index (χ0n) is 12.5. The lowest BCUT2D eigenvalue weighted by atomic mass is 10.2. The summed E-state index contributed by atoms with van der Waals surface area (Å²) in [6.07, 6.45) is 2.46. The molecule has 0 aliphatic carbocycles. The second-order valence-corrected chi connectivity index (χ2v) is 5.12. The second kappa shape index (κ2) is 7.86. The predicted molar refractivity (Wildman–Crippen MR) is 77.5 cm³/mol. The maximum atomic E-state index is 11.2. The molecule has 0 amide bonds. The summed E-state index contributed by atoms with van der Waals surface area (Å²) in [5, 5.41) is 8.81. The molecule has 1 aliphatic rings. The van der Waals surface area contributed by atoms with Crippen molar-refractivity contribution in [2.24, 2.45) is 0 Å². The Hall–Kier alpha value is -1.99. The number of ether oxygens (including phenoxy) is 2. The largest absolute Gasteiger partial charge is 0.477 e. The first kappa shape index (κ1) is 16.4. The Balaban J connectivity index is 1.76. The zero-order valence-corrected chi connectivity index (χ0v) is 12.5. The maximum Gasteiger partial charge on any atom is 0.354 e. The van der Waals surface area contributed by atoms with Crippen LogP contribution in [0, 0.1) is 0 Å². The number of carboxylic acid groups (broad SMARTS) is 1. The molecule has 0 aromatic carbocycles. The third-order valence-corrected chi connectivity index (χ3v) is 3.42. The van der Waals surface area contributed by atoms with E-state index in [0.717, 1.165) is 25.1 Å². The summed E-state index contributed by atoms with van der Waals surface area (Å²) in [6.45, 7) is 4.40. The van der Waals surface area contributed by atoms with Crippen LogP contribution >= 0.6 is 0 Å². The van der Waals surface area contributed by atoms with Crippen molar-refractivity contribution in [2.45, 2.75) is 26.0 Å². The molecule has 0 bridgehead atoms. The molecular formula is C15H20N2O5. The van der Waals surface area contributed by atoms with Crippen LogP contribution in [-0.2, 0) is 20.8 Å². The number of carboxylic acids is 1. The van der Waals surface area contributed by atoms with Crippen molar-refractivity contribution in [1.82, 2.24) is 9.88 Å². The fourth-order valence-corrected chi connectivity index (χ4v) is 2.37. The third kappa shape index (κ3) is 4.78. The molecular weight excluding hydrogens is 288 g/mol. The van der Waals surface area contributed by atoms with Gasteiger partial charge in [0.15, 0.2) is 0 Å². The quantitative estimate of drug-likeness (QED) is 0.750. The van der Waals surface area contributed by atoms with Gasteiger partial charge in [-0.3, -0.25) is 4.90 Å². The number of aromatic carboxylic acids is 1. The highest BCUT2D eigenvalue weighted by molar-refractivity contribution is 5.85. The molecule has 1 aliphatic heterocycles. The van der Waals surface area contributed by atoms with E-state index in [1.54, 1.807) is 19.2 Å². The van der Waals surface area contributed by atoms with Gasteiger partial charge in [-0.05, 0) is 25.0 Å². The molecule has 7 nitrogen and oxygen atoms in total. The number of carbonyl (C=O) groups is 2. The van der Waals surface area contributed by atoms with Crippen LogP contribution in [-0.4, -0.2) is 59.3 Å². The van der Waals surface area contributed by atoms with Crippen LogP contribution in [0.15, 0.2) is 18.3 Å². The third-order valence-electron chi connectivity index (χ3n) is 3.42. The van der Waals surface area contributed by atoms with E-state index < -0.39 is 5.97 Å². The van der Waals surface area contributed by atoms with Crippen molar-refractivity contribution < 1.29 is 24.2 Å². The molecule has 7 heteroatoms. The smallest absolute Gasteiger partial charge is 0.354 e. The van der Waals surface area contributed by atoms with Gasteiger partial charge in [0.1, 0.15) is 12.3 Å². The highest BCUT2D eigenvalue weighted by Crippen LogP contribution is 2.16. The van der Waals surface area contributed by atoms with Gasteiger partial charge in [-0.25, -0.2) is 14.6 Å². The number of esters is 1. The van der Waals surface area contributed by atoms with Gasteiger partial charge in [0.25, 0.3) is 0 Å².